The molecule has 3 heterocycles. The molecule has 3 aliphatic heterocycles. The Bertz CT molecular complexity index is 787. The lowest BCUT2D eigenvalue weighted by Crippen LogP contribution is -2.55. The maximum Gasteiger partial charge on any atom is 0.404 e. The molecule has 1 aliphatic carbocycles. The third-order valence-corrected chi connectivity index (χ3v) is 5.99. The highest BCUT2D eigenvalue weighted by molar-refractivity contribution is 6.25. The highest BCUT2D eigenvalue weighted by atomic mass is 16.6. The molecular weight excluding hydrogens is 328 g/mol. The van der Waals surface area contributed by atoms with Crippen LogP contribution in [0.3, 0.4) is 0 Å². The van der Waals surface area contributed by atoms with Crippen molar-refractivity contribution in [3.63, 3.8) is 0 Å². The van der Waals surface area contributed by atoms with Gasteiger partial charge in [-0.2, -0.15) is 0 Å². The number of hydrogen-bond donors (Lipinski definition) is 2. The molecule has 134 valence electrons. The van der Waals surface area contributed by atoms with Crippen LogP contribution in [0, 0.1) is 5.92 Å². The summed E-state index contributed by atoms with van der Waals surface area (Å²) in [5.74, 6) is -1.32. The lowest BCUT2D eigenvalue weighted by molar-refractivity contribution is -0.144. The Morgan fingerprint density at radius 2 is 2.04 bits per heavy atom. The lowest BCUT2D eigenvalue weighted by Gasteiger charge is -2.40. The van der Waals surface area contributed by atoms with Crippen LogP contribution in [-0.4, -0.2) is 72.6 Å². The first-order valence-electron chi connectivity index (χ1n) is 8.04. The summed E-state index contributed by atoms with van der Waals surface area (Å²) < 4.78 is 10.9. The summed E-state index contributed by atoms with van der Waals surface area (Å²) in [6.07, 6.45) is -0.945. The van der Waals surface area contributed by atoms with Crippen LogP contribution in [0.15, 0.2) is 22.5 Å². The molecule has 1 unspecified atom stereocenters. The number of primary amides is 1. The van der Waals surface area contributed by atoms with Crippen LogP contribution in [0.4, 0.5) is 4.79 Å². The predicted octanol–water partition coefficient (Wildman–Crippen LogP) is -1.31. The van der Waals surface area contributed by atoms with Crippen LogP contribution in [0.25, 0.3) is 0 Å². The highest BCUT2D eigenvalue weighted by Crippen LogP contribution is 2.59. The quantitative estimate of drug-likeness (QED) is 0.475. The van der Waals surface area contributed by atoms with Crippen LogP contribution in [0.5, 0.6) is 0 Å². The van der Waals surface area contributed by atoms with Crippen LogP contribution in [0.1, 0.15) is 6.92 Å². The molecule has 0 radical (unpaired) electrons. The number of ether oxygens (including phenoxy) is 2. The fourth-order valence-electron chi connectivity index (χ4n) is 4.73. The summed E-state index contributed by atoms with van der Waals surface area (Å²) in [5, 5.41) is 0. The normalized spacial score (nSPS) is 38.8. The zero-order chi connectivity index (χ0) is 18.3. The number of nitrogens with zero attached hydrogens (tertiary/aromatic N) is 2. The Balaban J connectivity index is 1.85. The molecule has 0 aromatic heterocycles. The van der Waals surface area contributed by atoms with Crippen molar-refractivity contribution in [2.45, 2.75) is 24.7 Å². The third kappa shape index (κ3) is 1.72. The number of methoxy groups -OCH3 is 1. The molecule has 0 aromatic carbocycles. The molecule has 9 heteroatoms. The summed E-state index contributed by atoms with van der Waals surface area (Å²) in [6, 6.07) is 0.211. The first kappa shape index (κ1) is 16.1. The topological polar surface area (TPSA) is 128 Å². The largest absolute Gasteiger partial charge is 0.449 e. The Morgan fingerprint density at radius 1 is 1.36 bits per heavy atom. The second-order valence-electron chi connectivity index (χ2n) is 6.89. The number of ketones is 2. The summed E-state index contributed by atoms with van der Waals surface area (Å²) in [6.45, 7) is 1.96. The SMILES string of the molecule is CO[C@@]12[C@H](COC(N)=O)C3=C(C(=O)C(C)=C(N)C3=O)N1C[C@@H]1[C@@H]2N1C. The minimum Gasteiger partial charge on any atom is -0.449 e. The number of rotatable bonds is 3. The van der Waals surface area contributed by atoms with Crippen molar-refractivity contribution in [2.24, 2.45) is 17.4 Å². The fraction of sp³-hybridized carbons (Fsp3) is 0.562. The summed E-state index contributed by atoms with van der Waals surface area (Å²) >= 11 is 0. The molecule has 5 atom stereocenters. The molecule has 4 aliphatic rings. The number of fused-ring (bicyclic) bond motifs is 4. The maximum atomic E-state index is 12.9. The van der Waals surface area contributed by atoms with Gasteiger partial charge in [-0.1, -0.05) is 0 Å². The van der Waals surface area contributed by atoms with Crippen molar-refractivity contribution < 1.29 is 23.9 Å². The molecule has 0 bridgehead atoms. The zero-order valence-electron chi connectivity index (χ0n) is 14.2. The van der Waals surface area contributed by atoms with Crippen LogP contribution >= 0.6 is 0 Å². The molecule has 2 fully saturated rings. The second kappa shape index (κ2) is 4.83. The van der Waals surface area contributed by atoms with Crippen molar-refractivity contribution >= 4 is 17.7 Å². The van der Waals surface area contributed by atoms with Crippen LogP contribution in [-0.2, 0) is 19.1 Å². The van der Waals surface area contributed by atoms with E-state index in [0.717, 1.165) is 0 Å². The fourth-order valence-corrected chi connectivity index (χ4v) is 4.73. The Labute approximate surface area is 144 Å². The number of hydrogen-bond acceptors (Lipinski definition) is 8. The zero-order valence-corrected chi connectivity index (χ0v) is 14.2. The van der Waals surface area contributed by atoms with Gasteiger partial charge in [-0.3, -0.25) is 14.5 Å². The van der Waals surface area contributed by atoms with E-state index in [0.29, 0.717) is 12.2 Å². The number of Topliss-reactive ketones (excluding diaryl/α,β-unsaturated/α-hetero) is 2. The minimum absolute atomic E-state index is 0.00768. The number of piperazine rings is 1. The second-order valence-corrected chi connectivity index (χ2v) is 6.89. The van der Waals surface area contributed by atoms with Gasteiger partial charge < -0.3 is 25.8 Å². The van der Waals surface area contributed by atoms with Crippen molar-refractivity contribution in [3.8, 4) is 0 Å². The van der Waals surface area contributed by atoms with Gasteiger partial charge in [0.25, 0.3) is 0 Å². The van der Waals surface area contributed by atoms with Gasteiger partial charge in [-0.25, -0.2) is 4.79 Å². The Kier molecular flexibility index (Phi) is 3.11. The average Bonchev–Trinajstić information content (AvgIpc) is 2.96. The van der Waals surface area contributed by atoms with E-state index in [9.17, 15) is 14.4 Å². The molecule has 9 nitrogen and oxygen atoms in total. The molecular formula is C16H20N4O5. The monoisotopic (exact) mass is 348 g/mol. The lowest BCUT2D eigenvalue weighted by atomic mass is 9.82. The van der Waals surface area contributed by atoms with Gasteiger partial charge >= 0.3 is 6.09 Å². The van der Waals surface area contributed by atoms with E-state index in [2.05, 4.69) is 4.90 Å². The van der Waals surface area contributed by atoms with Gasteiger partial charge in [-0.15, -0.1) is 0 Å². The van der Waals surface area contributed by atoms with Crippen molar-refractivity contribution in [1.82, 2.24) is 9.80 Å². The smallest absolute Gasteiger partial charge is 0.404 e. The minimum atomic E-state index is -0.949. The first-order valence-corrected chi connectivity index (χ1v) is 8.04. The molecule has 1 amide bonds. The molecule has 25 heavy (non-hydrogen) atoms. The van der Waals surface area contributed by atoms with Gasteiger partial charge in [0.05, 0.1) is 23.4 Å². The Morgan fingerprint density at radius 3 is 2.64 bits per heavy atom. The summed E-state index contributed by atoms with van der Waals surface area (Å²) in [7, 11) is 3.49. The number of nitrogens with two attached hydrogens (primary N) is 2. The van der Waals surface area contributed by atoms with E-state index >= 15 is 0 Å². The molecule has 0 aromatic rings. The standard InChI is InChI=1S/C16H20N4O5/c1-6-10(17)13(22)9-7(5-25-15(18)23)16(24-3)14-8(19(14)2)4-20(16)11(9)12(6)21/h7-8,14H,4-5,17H2,1-3H3,(H2,18,23)/t7-,8-,14+,16-,19?/m1/s1. The molecule has 2 saturated heterocycles. The molecule has 4 rings (SSSR count). The summed E-state index contributed by atoms with van der Waals surface area (Å²) in [4.78, 5) is 40.8. The van der Waals surface area contributed by atoms with Crippen LogP contribution in [0.2, 0.25) is 0 Å². The third-order valence-electron chi connectivity index (χ3n) is 5.99. The van der Waals surface area contributed by atoms with Crippen molar-refractivity contribution in [2.75, 3.05) is 27.3 Å². The van der Waals surface area contributed by atoms with E-state index in [-0.39, 0.29) is 41.3 Å². The number of allylic oxidation sites excluding steroid dienone is 2. The highest BCUT2D eigenvalue weighted by Gasteiger charge is 2.75. The van der Waals surface area contributed by atoms with E-state index in [1.54, 1.807) is 6.92 Å². The van der Waals surface area contributed by atoms with E-state index in [1.807, 2.05) is 11.9 Å². The van der Waals surface area contributed by atoms with Gasteiger partial charge in [0.15, 0.2) is 5.72 Å². The predicted molar refractivity (Wildman–Crippen MR) is 84.7 cm³/mol. The number of amides is 1. The van der Waals surface area contributed by atoms with Gasteiger partial charge in [0.2, 0.25) is 11.6 Å². The van der Waals surface area contributed by atoms with E-state index < -0.39 is 23.5 Å². The number of likely N-dealkylation sites (N-methyl/N-ethyl adjacent to an activating group) is 1. The van der Waals surface area contributed by atoms with Gasteiger partial charge in [0.1, 0.15) is 6.61 Å². The van der Waals surface area contributed by atoms with Gasteiger partial charge in [-0.05, 0) is 14.0 Å². The maximum absolute atomic E-state index is 12.9. The Hall–Kier alpha value is -2.39. The number of carbonyl (C=O) groups is 3. The van der Waals surface area contributed by atoms with Gasteiger partial charge in [0, 0.05) is 30.8 Å². The van der Waals surface area contributed by atoms with Crippen molar-refractivity contribution in [1.29, 1.82) is 0 Å². The van der Waals surface area contributed by atoms with Crippen LogP contribution < -0.4 is 11.5 Å². The first-order chi connectivity index (χ1) is 11.8. The number of carbonyl (C=O) groups excluding carboxylic acids is 3. The average molecular weight is 348 g/mol. The summed E-state index contributed by atoms with van der Waals surface area (Å²) in [5.41, 5.74) is 10.8. The molecule has 0 spiro atoms. The molecule has 4 N–H and O–H groups in total. The van der Waals surface area contributed by atoms with E-state index in [1.165, 1.54) is 7.11 Å². The van der Waals surface area contributed by atoms with Crippen molar-refractivity contribution in [3.05, 3.63) is 22.5 Å². The van der Waals surface area contributed by atoms with E-state index in [4.69, 9.17) is 20.9 Å². The molecule has 0 saturated carbocycles.